The minimum atomic E-state index is -0.387. The molecule has 51 heavy (non-hydrogen) atoms. The predicted molar refractivity (Wildman–Crippen MR) is 215 cm³/mol. The lowest BCUT2D eigenvalue weighted by Crippen LogP contribution is -2.18. The van der Waals surface area contributed by atoms with Gasteiger partial charge in [0, 0.05) is 6.42 Å². The average molecular weight is 709 g/mol. The number of allylic oxidation sites excluding steroid dienone is 9. The Balaban J connectivity index is 2.11. The van der Waals surface area contributed by atoms with Gasteiger partial charge in [-0.1, -0.05) is 159 Å². The van der Waals surface area contributed by atoms with Crippen molar-refractivity contribution in [3.8, 4) is 0 Å². The Morgan fingerprint density at radius 2 is 1.35 bits per heavy atom. The lowest BCUT2D eigenvalue weighted by atomic mass is 9.86. The molecule has 290 valence electrons. The maximum atomic E-state index is 12.5. The molecule has 0 saturated carbocycles. The number of unbranched alkanes of at least 4 members (excludes halogenated alkanes) is 15. The molecular weight excluding hydrogens is 633 g/mol. The Morgan fingerprint density at radius 3 is 2.04 bits per heavy atom. The topological polar surface area (TPSA) is 69.7 Å². The molecule has 3 unspecified atom stereocenters. The van der Waals surface area contributed by atoms with Crippen LogP contribution in [-0.2, 0) is 23.9 Å². The van der Waals surface area contributed by atoms with Crippen LogP contribution in [0, 0.1) is 11.8 Å². The molecular formula is C46H76O5. The van der Waals surface area contributed by atoms with E-state index in [0.717, 1.165) is 83.5 Å². The summed E-state index contributed by atoms with van der Waals surface area (Å²) in [5, 5.41) is 0. The van der Waals surface area contributed by atoms with Gasteiger partial charge < -0.3 is 9.47 Å². The summed E-state index contributed by atoms with van der Waals surface area (Å²) in [5.41, 5.74) is 1.28. The van der Waals surface area contributed by atoms with Crippen molar-refractivity contribution >= 4 is 17.9 Å². The fraction of sp³-hybridized carbons (Fsp3) is 0.717. The van der Waals surface area contributed by atoms with E-state index in [1.807, 2.05) is 0 Å². The molecule has 1 rings (SSSR count). The summed E-state index contributed by atoms with van der Waals surface area (Å²) in [6.07, 6.45) is 46.1. The summed E-state index contributed by atoms with van der Waals surface area (Å²) >= 11 is 0. The lowest BCUT2D eigenvalue weighted by molar-refractivity contribution is -0.153. The number of rotatable bonds is 34. The van der Waals surface area contributed by atoms with Crippen molar-refractivity contribution in [1.82, 2.24) is 0 Å². The number of carbonyl (C=O) groups excluding carboxylic acids is 3. The zero-order valence-electron chi connectivity index (χ0n) is 33.2. The first-order valence-electron chi connectivity index (χ1n) is 21.1. The van der Waals surface area contributed by atoms with Crippen LogP contribution in [0.15, 0.2) is 60.8 Å². The standard InChI is InChI=1S/C46H76O5/c1-5-8-10-12-14-15-16-17-18-19-20-21-22-25-29-33-40(4)37-38-42(7-3)50-44(47)36-32-28-24-23-27-31-35-41(34-30-26-13-11-9-6-2)43-39-45(48)51-46(43)49/h10,12,14-15,17-18,31,35,41-43H,4-9,11,13,16,19-30,32-34,36-39H2,1-3H3/b12-10+,15-14-,18-17-,35-31+. The van der Waals surface area contributed by atoms with E-state index in [0.29, 0.717) is 6.42 Å². The van der Waals surface area contributed by atoms with E-state index in [9.17, 15) is 14.4 Å². The Kier molecular flexibility index (Phi) is 30.1. The van der Waals surface area contributed by atoms with Crippen molar-refractivity contribution in [2.75, 3.05) is 0 Å². The van der Waals surface area contributed by atoms with Crippen LogP contribution < -0.4 is 0 Å². The first kappa shape index (κ1) is 46.3. The fourth-order valence-electron chi connectivity index (χ4n) is 6.61. The molecule has 5 heteroatoms. The highest BCUT2D eigenvalue weighted by molar-refractivity contribution is 5.94. The Labute approximate surface area is 313 Å². The van der Waals surface area contributed by atoms with Gasteiger partial charge in [0.2, 0.25) is 0 Å². The van der Waals surface area contributed by atoms with Crippen molar-refractivity contribution in [1.29, 1.82) is 0 Å². The van der Waals surface area contributed by atoms with E-state index in [4.69, 9.17) is 9.47 Å². The van der Waals surface area contributed by atoms with Gasteiger partial charge in [0.05, 0.1) is 12.3 Å². The van der Waals surface area contributed by atoms with Crippen LogP contribution in [0.5, 0.6) is 0 Å². The van der Waals surface area contributed by atoms with Gasteiger partial charge in [-0.25, -0.2) is 0 Å². The fourth-order valence-corrected chi connectivity index (χ4v) is 6.61. The molecule has 0 aromatic carbocycles. The van der Waals surface area contributed by atoms with Gasteiger partial charge in [-0.3, -0.25) is 14.4 Å². The lowest BCUT2D eigenvalue weighted by Gasteiger charge is -2.17. The molecule has 0 aromatic heterocycles. The average Bonchev–Trinajstić information content (AvgIpc) is 3.46. The molecule has 1 heterocycles. The summed E-state index contributed by atoms with van der Waals surface area (Å²) in [6, 6.07) is 0. The van der Waals surface area contributed by atoms with Gasteiger partial charge in [0.25, 0.3) is 0 Å². The van der Waals surface area contributed by atoms with Crippen LogP contribution in [0.4, 0.5) is 0 Å². The monoisotopic (exact) mass is 709 g/mol. The number of ether oxygens (including phenoxy) is 2. The van der Waals surface area contributed by atoms with Gasteiger partial charge in [0.1, 0.15) is 6.10 Å². The second-order valence-electron chi connectivity index (χ2n) is 14.7. The van der Waals surface area contributed by atoms with Crippen LogP contribution in [0.3, 0.4) is 0 Å². The number of carbonyl (C=O) groups is 3. The summed E-state index contributed by atoms with van der Waals surface area (Å²) in [7, 11) is 0. The number of hydrogen-bond acceptors (Lipinski definition) is 5. The molecule has 0 N–H and O–H groups in total. The van der Waals surface area contributed by atoms with Gasteiger partial charge in [-0.2, -0.15) is 0 Å². The summed E-state index contributed by atoms with van der Waals surface area (Å²) in [5.74, 6) is -1.06. The molecule has 0 radical (unpaired) electrons. The molecule has 0 amide bonds. The van der Waals surface area contributed by atoms with E-state index >= 15 is 0 Å². The minimum absolute atomic E-state index is 0.0165. The third kappa shape index (κ3) is 26.7. The first-order valence-corrected chi connectivity index (χ1v) is 21.1. The van der Waals surface area contributed by atoms with Crippen LogP contribution in [0.1, 0.15) is 194 Å². The van der Waals surface area contributed by atoms with Crippen molar-refractivity contribution in [3.05, 3.63) is 60.8 Å². The van der Waals surface area contributed by atoms with Crippen molar-refractivity contribution in [2.45, 2.75) is 200 Å². The second-order valence-corrected chi connectivity index (χ2v) is 14.7. The Bertz CT molecular complexity index is 1030. The number of hydrogen-bond donors (Lipinski definition) is 0. The molecule has 1 saturated heterocycles. The third-order valence-corrected chi connectivity index (χ3v) is 9.95. The van der Waals surface area contributed by atoms with Gasteiger partial charge in [-0.15, -0.1) is 0 Å². The van der Waals surface area contributed by atoms with Crippen LogP contribution in [0.2, 0.25) is 0 Å². The van der Waals surface area contributed by atoms with E-state index in [2.05, 4.69) is 76.0 Å². The normalized spacial score (nSPS) is 16.3. The third-order valence-electron chi connectivity index (χ3n) is 9.95. The highest BCUT2D eigenvalue weighted by Crippen LogP contribution is 2.30. The first-order chi connectivity index (χ1) is 24.9. The number of cyclic esters (lactones) is 2. The van der Waals surface area contributed by atoms with Gasteiger partial charge in [0.15, 0.2) is 0 Å². The zero-order chi connectivity index (χ0) is 37.2. The predicted octanol–water partition coefficient (Wildman–Crippen LogP) is 13.6. The highest BCUT2D eigenvalue weighted by atomic mass is 16.6. The molecule has 1 fully saturated rings. The molecule has 3 atom stereocenters. The van der Waals surface area contributed by atoms with Gasteiger partial charge >= 0.3 is 17.9 Å². The largest absolute Gasteiger partial charge is 0.462 e. The molecule has 1 aliphatic heterocycles. The Hall–Kier alpha value is -2.69. The summed E-state index contributed by atoms with van der Waals surface area (Å²) < 4.78 is 10.7. The SMILES string of the molecule is C=C(CCCCCCC/C=C\C/C=C\C=C\CCC)CCC(CC)OC(=O)CCCCCC/C=C/C(CCCCCCCC)C1CC(=O)OC1=O. The van der Waals surface area contributed by atoms with Crippen LogP contribution in [-0.4, -0.2) is 24.0 Å². The molecule has 0 spiro atoms. The molecule has 5 nitrogen and oxygen atoms in total. The summed E-state index contributed by atoms with van der Waals surface area (Å²) in [6.45, 7) is 10.8. The minimum Gasteiger partial charge on any atom is -0.462 e. The molecule has 1 aliphatic rings. The van der Waals surface area contributed by atoms with Crippen molar-refractivity contribution in [2.24, 2.45) is 11.8 Å². The van der Waals surface area contributed by atoms with E-state index in [-0.39, 0.29) is 42.3 Å². The molecule has 0 bridgehead atoms. The smallest absolute Gasteiger partial charge is 0.317 e. The second kappa shape index (κ2) is 33.2. The summed E-state index contributed by atoms with van der Waals surface area (Å²) in [4.78, 5) is 36.4. The van der Waals surface area contributed by atoms with Crippen LogP contribution >= 0.6 is 0 Å². The van der Waals surface area contributed by atoms with Crippen LogP contribution in [0.25, 0.3) is 0 Å². The van der Waals surface area contributed by atoms with Gasteiger partial charge in [-0.05, 0) is 89.4 Å². The highest BCUT2D eigenvalue weighted by Gasteiger charge is 2.37. The van der Waals surface area contributed by atoms with E-state index in [1.54, 1.807) is 0 Å². The molecule has 0 aromatic rings. The number of esters is 3. The zero-order valence-corrected chi connectivity index (χ0v) is 33.2. The van der Waals surface area contributed by atoms with Crippen molar-refractivity contribution < 1.29 is 23.9 Å². The molecule has 0 aliphatic carbocycles. The quantitative estimate of drug-likeness (QED) is 0.0219. The van der Waals surface area contributed by atoms with E-state index < -0.39 is 0 Å². The maximum Gasteiger partial charge on any atom is 0.317 e. The van der Waals surface area contributed by atoms with Crippen molar-refractivity contribution in [3.63, 3.8) is 0 Å². The maximum absolute atomic E-state index is 12.5. The Morgan fingerprint density at radius 1 is 0.706 bits per heavy atom. The van der Waals surface area contributed by atoms with E-state index in [1.165, 1.54) is 82.6 Å².